The predicted molar refractivity (Wildman–Crippen MR) is 74.7 cm³/mol. The molecule has 1 aromatic rings. The van der Waals surface area contributed by atoms with Crippen molar-refractivity contribution in [2.24, 2.45) is 0 Å². The first-order valence-electron chi connectivity index (χ1n) is 6.24. The molecular formula is C15H15NO5. The summed E-state index contributed by atoms with van der Waals surface area (Å²) in [6.45, 7) is 1.34. The highest BCUT2D eigenvalue weighted by Gasteiger charge is 2.13. The van der Waals surface area contributed by atoms with Crippen LogP contribution in [-0.4, -0.2) is 28.4 Å². The number of nitrogens with zero attached hydrogens (tertiary/aromatic N) is 1. The number of aliphatic hydroxyl groups is 1. The second-order valence-corrected chi connectivity index (χ2v) is 4.24. The molecule has 0 saturated carbocycles. The van der Waals surface area contributed by atoms with Crippen molar-refractivity contribution < 1.29 is 24.5 Å². The molecule has 0 saturated heterocycles. The number of aliphatic hydroxyl groups excluding tert-OH is 1. The van der Waals surface area contributed by atoms with Crippen LogP contribution in [0, 0.1) is 11.3 Å². The highest BCUT2D eigenvalue weighted by Crippen LogP contribution is 2.28. The molecule has 0 amide bonds. The molecule has 0 atom stereocenters. The lowest BCUT2D eigenvalue weighted by molar-refractivity contribution is -0.132. The van der Waals surface area contributed by atoms with Gasteiger partial charge in [-0.1, -0.05) is 0 Å². The minimum Gasteiger partial charge on any atom is -0.508 e. The summed E-state index contributed by atoms with van der Waals surface area (Å²) in [7, 11) is 0. The van der Waals surface area contributed by atoms with Crippen LogP contribution in [0.2, 0.25) is 0 Å². The number of Topliss-reactive ketones (excluding diaryl/α,β-unsaturated/α-hetero) is 1. The number of ketones is 2. The van der Waals surface area contributed by atoms with E-state index >= 15 is 0 Å². The van der Waals surface area contributed by atoms with E-state index in [0.717, 1.165) is 13.0 Å². The second-order valence-electron chi connectivity index (χ2n) is 4.24. The Bertz CT molecular complexity index is 613. The molecule has 0 unspecified atom stereocenters. The first-order chi connectivity index (χ1) is 9.95. The molecule has 0 aliphatic carbocycles. The normalized spacial score (nSPS) is 10.8. The average Bonchev–Trinajstić information content (AvgIpc) is 2.44. The molecule has 0 spiro atoms. The summed E-state index contributed by atoms with van der Waals surface area (Å²) in [6.07, 6.45) is 1.62. The topological polar surface area (TPSA) is 108 Å². The van der Waals surface area contributed by atoms with Crippen molar-refractivity contribution in [1.29, 1.82) is 5.26 Å². The minimum atomic E-state index is -0.855. The summed E-state index contributed by atoms with van der Waals surface area (Å²) < 4.78 is 5.40. The number of allylic oxidation sites excluding steroid dienone is 1. The van der Waals surface area contributed by atoms with E-state index in [0.29, 0.717) is 12.8 Å². The molecule has 0 aliphatic rings. The van der Waals surface area contributed by atoms with Gasteiger partial charge in [-0.05, 0) is 24.6 Å². The minimum absolute atomic E-state index is 0.0987. The number of benzene rings is 1. The van der Waals surface area contributed by atoms with Gasteiger partial charge in [0.15, 0.2) is 5.78 Å². The Kier molecular flexibility index (Phi) is 5.96. The monoisotopic (exact) mass is 289 g/mol. The molecule has 6 heteroatoms. The standard InChI is InChI=1S/C15H15NO5/c1-10(17)13(19)9-14(20)12-8-11(18)4-5-15(12)21-7-3-2-6-16/h4-5,8-9,18,20H,2-3,7H2,1H3/b14-9-. The fourth-order valence-electron chi connectivity index (χ4n) is 1.48. The van der Waals surface area contributed by atoms with Crippen LogP contribution in [0.4, 0.5) is 0 Å². The first kappa shape index (κ1) is 16.2. The predicted octanol–water partition coefficient (Wildman–Crippen LogP) is 2.13. The van der Waals surface area contributed by atoms with Gasteiger partial charge in [0.05, 0.1) is 18.2 Å². The third kappa shape index (κ3) is 4.99. The molecular weight excluding hydrogens is 274 g/mol. The van der Waals surface area contributed by atoms with Gasteiger partial charge >= 0.3 is 0 Å². The third-order valence-electron chi connectivity index (χ3n) is 2.54. The number of nitriles is 1. The Morgan fingerprint density at radius 1 is 1.43 bits per heavy atom. The summed E-state index contributed by atoms with van der Waals surface area (Å²) in [5.74, 6) is -1.91. The Balaban J connectivity index is 2.99. The van der Waals surface area contributed by atoms with Crippen LogP contribution in [0.25, 0.3) is 5.76 Å². The van der Waals surface area contributed by atoms with Gasteiger partial charge in [-0.25, -0.2) is 0 Å². The van der Waals surface area contributed by atoms with Crippen LogP contribution in [0.15, 0.2) is 24.3 Å². The van der Waals surface area contributed by atoms with E-state index in [-0.39, 0.29) is 23.7 Å². The number of carbonyl (C=O) groups is 2. The van der Waals surface area contributed by atoms with E-state index < -0.39 is 17.3 Å². The van der Waals surface area contributed by atoms with E-state index in [9.17, 15) is 19.8 Å². The van der Waals surface area contributed by atoms with E-state index in [4.69, 9.17) is 10.00 Å². The first-order valence-corrected chi connectivity index (χ1v) is 6.24. The Labute approximate surface area is 121 Å². The zero-order chi connectivity index (χ0) is 15.8. The maximum Gasteiger partial charge on any atom is 0.224 e. The maximum absolute atomic E-state index is 11.3. The van der Waals surface area contributed by atoms with Gasteiger partial charge < -0.3 is 14.9 Å². The smallest absolute Gasteiger partial charge is 0.224 e. The van der Waals surface area contributed by atoms with E-state index in [1.165, 1.54) is 18.2 Å². The second kappa shape index (κ2) is 7.70. The third-order valence-corrected chi connectivity index (χ3v) is 2.54. The molecule has 1 rings (SSSR count). The van der Waals surface area contributed by atoms with E-state index in [1.54, 1.807) is 0 Å². The van der Waals surface area contributed by atoms with Crippen LogP contribution in [0.3, 0.4) is 0 Å². The molecule has 0 heterocycles. The van der Waals surface area contributed by atoms with Gasteiger partial charge in [0.1, 0.15) is 17.3 Å². The molecule has 0 aliphatic heterocycles. The lowest BCUT2D eigenvalue weighted by Gasteiger charge is -2.11. The van der Waals surface area contributed by atoms with Crippen molar-refractivity contribution in [2.75, 3.05) is 6.61 Å². The number of unbranched alkanes of at least 4 members (excludes halogenated alkanes) is 1. The van der Waals surface area contributed by atoms with Crippen molar-refractivity contribution in [3.8, 4) is 17.6 Å². The zero-order valence-electron chi connectivity index (χ0n) is 11.5. The fraction of sp³-hybridized carbons (Fsp3) is 0.267. The molecule has 2 N–H and O–H groups in total. The molecule has 0 fully saturated rings. The molecule has 0 radical (unpaired) electrons. The summed E-state index contributed by atoms with van der Waals surface area (Å²) >= 11 is 0. The zero-order valence-corrected chi connectivity index (χ0v) is 11.5. The summed E-state index contributed by atoms with van der Waals surface area (Å²) in [4.78, 5) is 22.2. The van der Waals surface area contributed by atoms with Crippen molar-refractivity contribution >= 4 is 17.3 Å². The van der Waals surface area contributed by atoms with Gasteiger partial charge in [-0.3, -0.25) is 9.59 Å². The summed E-state index contributed by atoms with van der Waals surface area (Å²) in [5.41, 5.74) is 0.0987. The van der Waals surface area contributed by atoms with Gasteiger partial charge in [-0.15, -0.1) is 0 Å². The number of phenols is 1. The van der Waals surface area contributed by atoms with E-state index in [1.807, 2.05) is 6.07 Å². The van der Waals surface area contributed by atoms with Gasteiger partial charge in [0.25, 0.3) is 0 Å². The summed E-state index contributed by atoms with van der Waals surface area (Å²) in [6, 6.07) is 5.99. The number of carbonyl (C=O) groups excluding carboxylic acids is 2. The largest absolute Gasteiger partial charge is 0.508 e. The van der Waals surface area contributed by atoms with Crippen molar-refractivity contribution in [3.63, 3.8) is 0 Å². The lowest BCUT2D eigenvalue weighted by atomic mass is 10.1. The molecule has 0 aromatic heterocycles. The molecule has 6 nitrogen and oxygen atoms in total. The number of rotatable bonds is 7. The molecule has 1 aromatic carbocycles. The number of phenolic OH excluding ortho intramolecular Hbond substituents is 1. The van der Waals surface area contributed by atoms with Crippen molar-refractivity contribution in [2.45, 2.75) is 19.8 Å². The Morgan fingerprint density at radius 3 is 2.76 bits per heavy atom. The highest BCUT2D eigenvalue weighted by atomic mass is 16.5. The quantitative estimate of drug-likeness (QED) is 0.344. The molecule has 0 bridgehead atoms. The average molecular weight is 289 g/mol. The van der Waals surface area contributed by atoms with Crippen molar-refractivity contribution in [1.82, 2.24) is 0 Å². The van der Waals surface area contributed by atoms with E-state index in [2.05, 4.69) is 0 Å². The van der Waals surface area contributed by atoms with Crippen LogP contribution in [0.5, 0.6) is 11.5 Å². The van der Waals surface area contributed by atoms with Gasteiger partial charge in [0.2, 0.25) is 5.78 Å². The van der Waals surface area contributed by atoms with Crippen LogP contribution >= 0.6 is 0 Å². The van der Waals surface area contributed by atoms with Gasteiger partial charge in [-0.2, -0.15) is 5.26 Å². The van der Waals surface area contributed by atoms with Crippen molar-refractivity contribution in [3.05, 3.63) is 29.8 Å². The van der Waals surface area contributed by atoms with Gasteiger partial charge in [0, 0.05) is 19.4 Å². The Morgan fingerprint density at radius 2 is 2.14 bits per heavy atom. The highest BCUT2D eigenvalue weighted by molar-refractivity contribution is 6.41. The number of hydrogen-bond acceptors (Lipinski definition) is 6. The number of ether oxygens (including phenoxy) is 1. The number of hydrogen-bond donors (Lipinski definition) is 2. The lowest BCUT2D eigenvalue weighted by Crippen LogP contribution is -2.07. The van der Waals surface area contributed by atoms with Crippen LogP contribution in [-0.2, 0) is 9.59 Å². The fourth-order valence-corrected chi connectivity index (χ4v) is 1.48. The number of aromatic hydroxyl groups is 1. The molecule has 110 valence electrons. The molecule has 21 heavy (non-hydrogen) atoms. The van der Waals surface area contributed by atoms with Crippen LogP contribution < -0.4 is 4.74 Å². The Hall–Kier alpha value is -2.81. The SMILES string of the molecule is CC(=O)C(=O)/C=C(\O)c1cc(O)ccc1OCCCC#N. The maximum atomic E-state index is 11.3. The van der Waals surface area contributed by atoms with Crippen LogP contribution in [0.1, 0.15) is 25.3 Å². The summed E-state index contributed by atoms with van der Waals surface area (Å²) in [5, 5.41) is 27.8.